The third-order valence-corrected chi connectivity index (χ3v) is 6.83. The third-order valence-electron chi connectivity index (χ3n) is 6.83. The molecular weight excluding hydrogens is 411 g/mol. The average Bonchev–Trinajstić information content (AvgIpc) is 3.26. The van der Waals surface area contributed by atoms with E-state index in [0.29, 0.717) is 32.2 Å². The fourth-order valence-electron chi connectivity index (χ4n) is 4.85. The Morgan fingerprint density at radius 3 is 2.25 bits per heavy atom. The lowest BCUT2D eigenvalue weighted by molar-refractivity contribution is -0.138. The molecule has 0 aromatic rings. The molecule has 1 saturated carbocycles. The molecule has 0 radical (unpaired) electrons. The highest BCUT2D eigenvalue weighted by atomic mass is 16.4. The molecule has 3 amide bonds. The van der Waals surface area contributed by atoms with Crippen molar-refractivity contribution in [3.63, 3.8) is 0 Å². The van der Waals surface area contributed by atoms with Gasteiger partial charge in [-0.2, -0.15) is 0 Å². The topological polar surface area (TPSA) is 145 Å². The summed E-state index contributed by atoms with van der Waals surface area (Å²) >= 11 is 0. The van der Waals surface area contributed by atoms with Crippen LogP contribution in [0.25, 0.3) is 0 Å². The SMILES string of the molecule is CCC[C@H](NC(=O)[C@@H](N)C1CCCCC1)C(=O)N[C@H](C(=O)N1CCC[C@H]1B(O)O)C(C)C. The van der Waals surface area contributed by atoms with E-state index in [-0.39, 0.29) is 23.7 Å². The van der Waals surface area contributed by atoms with Crippen LogP contribution in [-0.4, -0.2) is 70.4 Å². The van der Waals surface area contributed by atoms with Gasteiger partial charge in [-0.15, -0.1) is 0 Å². The third kappa shape index (κ3) is 6.92. The molecule has 10 heteroatoms. The second-order valence-corrected chi connectivity index (χ2v) is 9.66. The highest BCUT2D eigenvalue weighted by Gasteiger charge is 2.41. The molecule has 1 aliphatic carbocycles. The summed E-state index contributed by atoms with van der Waals surface area (Å²) in [7, 11) is -1.61. The summed E-state index contributed by atoms with van der Waals surface area (Å²) in [4.78, 5) is 40.4. The molecule has 2 aliphatic rings. The van der Waals surface area contributed by atoms with Crippen LogP contribution >= 0.6 is 0 Å². The summed E-state index contributed by atoms with van der Waals surface area (Å²) in [6.45, 7) is 6.01. The number of hydrogen-bond donors (Lipinski definition) is 5. The van der Waals surface area contributed by atoms with Crippen LogP contribution in [0.3, 0.4) is 0 Å². The number of nitrogens with two attached hydrogens (primary N) is 1. The van der Waals surface area contributed by atoms with Gasteiger partial charge in [-0.25, -0.2) is 0 Å². The van der Waals surface area contributed by atoms with E-state index < -0.39 is 37.1 Å². The molecule has 1 saturated heterocycles. The summed E-state index contributed by atoms with van der Waals surface area (Å²) < 4.78 is 0. The summed E-state index contributed by atoms with van der Waals surface area (Å²) in [5, 5.41) is 24.8. The first-order chi connectivity index (χ1) is 15.2. The predicted octanol–water partition coefficient (Wildman–Crippen LogP) is 0.323. The quantitative estimate of drug-likeness (QED) is 0.302. The Bertz CT molecular complexity index is 642. The van der Waals surface area contributed by atoms with Gasteiger partial charge in [-0.1, -0.05) is 46.5 Å². The minimum atomic E-state index is -1.61. The summed E-state index contributed by atoms with van der Waals surface area (Å²) in [5.74, 6) is -1.80. The van der Waals surface area contributed by atoms with E-state index in [1.807, 2.05) is 20.8 Å². The summed E-state index contributed by atoms with van der Waals surface area (Å²) in [6.07, 6.45) is 7.48. The van der Waals surface area contributed by atoms with Crippen LogP contribution in [-0.2, 0) is 14.4 Å². The van der Waals surface area contributed by atoms with Crippen molar-refractivity contribution in [3.05, 3.63) is 0 Å². The number of carbonyl (C=O) groups is 3. The summed E-state index contributed by atoms with van der Waals surface area (Å²) in [6, 6.07) is -2.22. The number of nitrogens with one attached hydrogen (secondary N) is 2. The van der Waals surface area contributed by atoms with Crippen LogP contribution in [0, 0.1) is 11.8 Å². The van der Waals surface area contributed by atoms with E-state index in [0.717, 1.165) is 25.7 Å². The number of carbonyl (C=O) groups excluding carboxylic acids is 3. The molecule has 182 valence electrons. The van der Waals surface area contributed by atoms with Crippen molar-refractivity contribution >= 4 is 24.8 Å². The number of hydrogen-bond acceptors (Lipinski definition) is 6. The van der Waals surface area contributed by atoms with E-state index in [1.54, 1.807) is 0 Å². The molecule has 0 aromatic heterocycles. The fraction of sp³-hybridized carbons (Fsp3) is 0.864. The lowest BCUT2D eigenvalue weighted by Crippen LogP contribution is -2.59. The highest BCUT2D eigenvalue weighted by molar-refractivity contribution is 6.43. The number of nitrogens with zero attached hydrogens (tertiary/aromatic N) is 1. The lowest BCUT2D eigenvalue weighted by atomic mass is 9.77. The van der Waals surface area contributed by atoms with E-state index in [1.165, 1.54) is 11.3 Å². The smallest absolute Gasteiger partial charge is 0.426 e. The van der Waals surface area contributed by atoms with Gasteiger partial charge in [-0.3, -0.25) is 14.4 Å². The van der Waals surface area contributed by atoms with Gasteiger partial charge in [0.2, 0.25) is 17.7 Å². The molecule has 6 N–H and O–H groups in total. The zero-order chi connectivity index (χ0) is 23.8. The standard InChI is InChI=1S/C22H41BN4O5/c1-4-9-16(25-21(29)18(24)15-10-6-5-7-11-15)20(28)26-19(14(2)3)22(30)27-13-8-12-17(27)23(31)32/h14-19,31-32H,4-13,24H2,1-3H3,(H,25,29)(H,26,28)/t16-,17-,18-,19-/m0/s1. The maximum Gasteiger partial charge on any atom is 0.475 e. The van der Waals surface area contributed by atoms with Crippen molar-refractivity contribution in [1.29, 1.82) is 0 Å². The monoisotopic (exact) mass is 452 g/mol. The van der Waals surface area contributed by atoms with Gasteiger partial charge in [0.05, 0.1) is 12.0 Å². The van der Waals surface area contributed by atoms with Gasteiger partial charge in [0.1, 0.15) is 12.1 Å². The van der Waals surface area contributed by atoms with Crippen LogP contribution < -0.4 is 16.4 Å². The first kappa shape index (κ1) is 26.6. The maximum atomic E-state index is 13.1. The van der Waals surface area contributed by atoms with E-state index in [4.69, 9.17) is 5.73 Å². The van der Waals surface area contributed by atoms with Crippen LogP contribution in [0.15, 0.2) is 0 Å². The minimum Gasteiger partial charge on any atom is -0.426 e. The molecule has 0 spiro atoms. The van der Waals surface area contributed by atoms with Gasteiger partial charge in [-0.05, 0) is 43.9 Å². The zero-order valence-electron chi connectivity index (χ0n) is 19.8. The first-order valence-corrected chi connectivity index (χ1v) is 12.2. The predicted molar refractivity (Wildman–Crippen MR) is 123 cm³/mol. The molecule has 9 nitrogen and oxygen atoms in total. The van der Waals surface area contributed by atoms with Crippen molar-refractivity contribution in [2.75, 3.05) is 6.54 Å². The summed E-state index contributed by atoms with van der Waals surface area (Å²) in [5.41, 5.74) is 6.21. The van der Waals surface area contributed by atoms with Crippen molar-refractivity contribution in [3.8, 4) is 0 Å². The first-order valence-electron chi connectivity index (χ1n) is 12.2. The van der Waals surface area contributed by atoms with Crippen LogP contribution in [0.5, 0.6) is 0 Å². The van der Waals surface area contributed by atoms with Gasteiger partial charge >= 0.3 is 7.12 Å². The molecule has 4 atom stereocenters. The van der Waals surface area contributed by atoms with Gasteiger partial charge in [0.15, 0.2) is 0 Å². The number of rotatable bonds is 10. The Labute approximate surface area is 192 Å². The molecule has 1 heterocycles. The number of likely N-dealkylation sites (tertiary alicyclic amines) is 1. The number of amides is 3. The van der Waals surface area contributed by atoms with E-state index in [9.17, 15) is 24.4 Å². The minimum absolute atomic E-state index is 0.135. The Hall–Kier alpha value is -1.65. The van der Waals surface area contributed by atoms with Crippen LogP contribution in [0.1, 0.15) is 78.6 Å². The van der Waals surface area contributed by atoms with Gasteiger partial charge in [0, 0.05) is 6.54 Å². The van der Waals surface area contributed by atoms with Crippen molar-refractivity contribution < 1.29 is 24.4 Å². The molecule has 0 aromatic carbocycles. The molecule has 2 fully saturated rings. The second kappa shape index (κ2) is 12.6. The molecule has 0 unspecified atom stereocenters. The molecule has 2 rings (SSSR count). The zero-order valence-corrected chi connectivity index (χ0v) is 19.8. The van der Waals surface area contributed by atoms with Crippen LogP contribution in [0.2, 0.25) is 0 Å². The van der Waals surface area contributed by atoms with Crippen molar-refractivity contribution in [1.82, 2.24) is 15.5 Å². The van der Waals surface area contributed by atoms with Gasteiger partial charge in [0.25, 0.3) is 0 Å². The molecule has 0 bridgehead atoms. The van der Waals surface area contributed by atoms with Crippen molar-refractivity contribution in [2.45, 2.75) is 103 Å². The average molecular weight is 452 g/mol. The largest absolute Gasteiger partial charge is 0.475 e. The van der Waals surface area contributed by atoms with E-state index >= 15 is 0 Å². The maximum absolute atomic E-state index is 13.1. The fourth-order valence-corrected chi connectivity index (χ4v) is 4.85. The highest BCUT2D eigenvalue weighted by Crippen LogP contribution is 2.26. The van der Waals surface area contributed by atoms with Crippen LogP contribution in [0.4, 0.5) is 0 Å². The molecule has 32 heavy (non-hydrogen) atoms. The molecular formula is C22H41BN4O5. The second-order valence-electron chi connectivity index (χ2n) is 9.66. The Kier molecular flexibility index (Phi) is 10.4. The van der Waals surface area contributed by atoms with Gasteiger partial charge < -0.3 is 31.3 Å². The van der Waals surface area contributed by atoms with E-state index in [2.05, 4.69) is 10.6 Å². The normalized spacial score (nSPS) is 22.3. The Morgan fingerprint density at radius 1 is 1.03 bits per heavy atom. The molecule has 1 aliphatic heterocycles. The Morgan fingerprint density at radius 2 is 1.69 bits per heavy atom. The lowest BCUT2D eigenvalue weighted by Gasteiger charge is -2.32. The Balaban J connectivity index is 2.04. The van der Waals surface area contributed by atoms with Crippen molar-refractivity contribution in [2.24, 2.45) is 17.6 Å².